The smallest absolute Gasteiger partial charge is 0.226 e. The molecule has 1 aliphatic heterocycles. The van der Waals surface area contributed by atoms with Crippen molar-refractivity contribution in [2.45, 2.75) is 32.6 Å². The molecule has 68 valence electrons. The Bertz CT molecular complexity index is 159. The van der Waals surface area contributed by atoms with Crippen molar-refractivity contribution in [3.8, 4) is 0 Å². The molecule has 1 fully saturated rings. The third-order valence-corrected chi connectivity index (χ3v) is 1.34. The molecular formula is C9H15NO2. The molecule has 1 rings (SSSR count). The minimum Gasteiger partial charge on any atom is -0.296 e. The molecule has 1 aliphatic rings. The van der Waals surface area contributed by atoms with Gasteiger partial charge in [-0.25, -0.2) is 0 Å². The Hall–Kier alpha value is -1.12. The standard InChI is InChI=1S/C6H9NO2.C3H6/c8-5-3-1-2-4-6(9)7-5;1-3-2/h1-4H2,(H,7,8,9);3H,1H2,2H3. The second kappa shape index (κ2) is 6.58. The number of carbonyl (C=O) groups excluding carboxylic acids is 2. The summed E-state index contributed by atoms with van der Waals surface area (Å²) in [5, 5.41) is 2.26. The van der Waals surface area contributed by atoms with Gasteiger partial charge in [0.05, 0.1) is 0 Å². The van der Waals surface area contributed by atoms with Crippen molar-refractivity contribution < 1.29 is 9.59 Å². The molecule has 0 spiro atoms. The maximum atomic E-state index is 10.6. The highest BCUT2D eigenvalue weighted by Gasteiger charge is 2.11. The molecule has 1 N–H and O–H groups in total. The first-order valence-corrected chi connectivity index (χ1v) is 4.10. The molecule has 0 saturated carbocycles. The highest BCUT2D eigenvalue weighted by atomic mass is 16.2. The first-order chi connectivity index (χ1) is 5.70. The van der Waals surface area contributed by atoms with E-state index >= 15 is 0 Å². The molecule has 0 aromatic carbocycles. The topological polar surface area (TPSA) is 46.2 Å². The van der Waals surface area contributed by atoms with Crippen LogP contribution in [0.2, 0.25) is 0 Å². The van der Waals surface area contributed by atoms with Gasteiger partial charge in [-0.15, -0.1) is 6.58 Å². The second-order valence-corrected chi connectivity index (χ2v) is 2.59. The summed E-state index contributed by atoms with van der Waals surface area (Å²) in [7, 11) is 0. The Morgan fingerprint density at radius 2 is 1.58 bits per heavy atom. The predicted octanol–water partition coefficient (Wildman–Crippen LogP) is 1.40. The zero-order valence-corrected chi connectivity index (χ0v) is 7.43. The SMILES string of the molecule is C=CC.O=C1CCCCC(=O)N1. The first-order valence-electron chi connectivity index (χ1n) is 4.10. The fourth-order valence-corrected chi connectivity index (χ4v) is 0.852. The maximum Gasteiger partial charge on any atom is 0.226 e. The minimum absolute atomic E-state index is 0.127. The summed E-state index contributed by atoms with van der Waals surface area (Å²) in [6.07, 6.45) is 4.45. The summed E-state index contributed by atoms with van der Waals surface area (Å²) in [6, 6.07) is 0. The van der Waals surface area contributed by atoms with Gasteiger partial charge in [0.1, 0.15) is 0 Å². The highest BCUT2D eigenvalue weighted by molar-refractivity contribution is 5.95. The summed E-state index contributed by atoms with van der Waals surface area (Å²) in [6.45, 7) is 5.25. The number of hydrogen-bond donors (Lipinski definition) is 1. The molecule has 0 aromatic heterocycles. The van der Waals surface area contributed by atoms with Crippen LogP contribution in [-0.2, 0) is 9.59 Å². The number of amides is 2. The fourth-order valence-electron chi connectivity index (χ4n) is 0.852. The quantitative estimate of drug-likeness (QED) is 0.440. The van der Waals surface area contributed by atoms with Gasteiger partial charge in [0, 0.05) is 12.8 Å². The van der Waals surface area contributed by atoms with Crippen LogP contribution in [-0.4, -0.2) is 11.8 Å². The molecule has 12 heavy (non-hydrogen) atoms. The summed E-state index contributed by atoms with van der Waals surface area (Å²) >= 11 is 0. The third-order valence-electron chi connectivity index (χ3n) is 1.34. The van der Waals surface area contributed by atoms with Gasteiger partial charge >= 0.3 is 0 Å². The van der Waals surface area contributed by atoms with Crippen molar-refractivity contribution >= 4 is 11.8 Å². The Morgan fingerprint density at radius 1 is 1.25 bits per heavy atom. The second-order valence-electron chi connectivity index (χ2n) is 2.59. The summed E-state index contributed by atoms with van der Waals surface area (Å²) in [4.78, 5) is 21.1. The number of nitrogens with one attached hydrogen (secondary N) is 1. The van der Waals surface area contributed by atoms with Crippen LogP contribution in [0, 0.1) is 0 Å². The van der Waals surface area contributed by atoms with Gasteiger partial charge in [0.25, 0.3) is 0 Å². The van der Waals surface area contributed by atoms with Gasteiger partial charge in [-0.05, 0) is 19.8 Å². The lowest BCUT2D eigenvalue weighted by Crippen LogP contribution is -2.27. The van der Waals surface area contributed by atoms with Crippen molar-refractivity contribution in [1.82, 2.24) is 5.32 Å². The van der Waals surface area contributed by atoms with Crippen molar-refractivity contribution in [3.05, 3.63) is 12.7 Å². The van der Waals surface area contributed by atoms with E-state index in [-0.39, 0.29) is 11.8 Å². The third kappa shape index (κ3) is 5.65. The van der Waals surface area contributed by atoms with E-state index in [1.165, 1.54) is 0 Å². The van der Waals surface area contributed by atoms with Crippen LogP contribution in [0.1, 0.15) is 32.6 Å². The molecule has 0 atom stereocenters. The van der Waals surface area contributed by atoms with Crippen LogP contribution in [0.5, 0.6) is 0 Å². The monoisotopic (exact) mass is 169 g/mol. The maximum absolute atomic E-state index is 10.6. The van der Waals surface area contributed by atoms with Crippen LogP contribution in [0.4, 0.5) is 0 Å². The minimum atomic E-state index is -0.127. The number of carbonyl (C=O) groups is 2. The molecule has 1 saturated heterocycles. The molecule has 1 heterocycles. The zero-order chi connectivity index (χ0) is 9.40. The molecule has 0 aromatic rings. The van der Waals surface area contributed by atoms with Gasteiger partial charge in [-0.2, -0.15) is 0 Å². The van der Waals surface area contributed by atoms with E-state index in [2.05, 4.69) is 11.9 Å². The van der Waals surface area contributed by atoms with E-state index in [4.69, 9.17) is 0 Å². The molecule has 0 bridgehead atoms. The lowest BCUT2D eigenvalue weighted by molar-refractivity contribution is -0.129. The van der Waals surface area contributed by atoms with Gasteiger partial charge in [-0.3, -0.25) is 14.9 Å². The zero-order valence-electron chi connectivity index (χ0n) is 7.43. The number of imide groups is 1. The largest absolute Gasteiger partial charge is 0.296 e. The highest BCUT2D eigenvalue weighted by Crippen LogP contribution is 2.03. The van der Waals surface area contributed by atoms with Gasteiger partial charge in [-0.1, -0.05) is 6.08 Å². The molecule has 0 aliphatic carbocycles. The van der Waals surface area contributed by atoms with Crippen molar-refractivity contribution in [1.29, 1.82) is 0 Å². The molecule has 0 radical (unpaired) electrons. The lowest BCUT2D eigenvalue weighted by atomic mass is 10.2. The Kier molecular flexibility index (Phi) is 5.97. The Labute approximate surface area is 72.8 Å². The number of hydrogen-bond acceptors (Lipinski definition) is 2. The van der Waals surface area contributed by atoms with E-state index < -0.39 is 0 Å². The molecule has 3 heteroatoms. The number of allylic oxidation sites excluding steroid dienone is 1. The Morgan fingerprint density at radius 3 is 1.92 bits per heavy atom. The molecular weight excluding hydrogens is 154 g/mol. The predicted molar refractivity (Wildman–Crippen MR) is 47.5 cm³/mol. The fraction of sp³-hybridized carbons (Fsp3) is 0.556. The van der Waals surface area contributed by atoms with Gasteiger partial charge in [0.2, 0.25) is 11.8 Å². The van der Waals surface area contributed by atoms with Crippen molar-refractivity contribution in [2.24, 2.45) is 0 Å². The van der Waals surface area contributed by atoms with Crippen molar-refractivity contribution in [2.75, 3.05) is 0 Å². The van der Waals surface area contributed by atoms with E-state index in [0.717, 1.165) is 12.8 Å². The van der Waals surface area contributed by atoms with Gasteiger partial charge < -0.3 is 0 Å². The average Bonchev–Trinajstić information content (AvgIpc) is 2.15. The van der Waals surface area contributed by atoms with Crippen LogP contribution in [0.3, 0.4) is 0 Å². The normalized spacial score (nSPS) is 16.8. The molecule has 3 nitrogen and oxygen atoms in total. The van der Waals surface area contributed by atoms with Gasteiger partial charge in [0.15, 0.2) is 0 Å². The average molecular weight is 169 g/mol. The summed E-state index contributed by atoms with van der Waals surface area (Å²) in [5.74, 6) is -0.255. The molecule has 2 amide bonds. The summed E-state index contributed by atoms with van der Waals surface area (Å²) in [5.41, 5.74) is 0. The van der Waals surface area contributed by atoms with Crippen LogP contribution in [0.15, 0.2) is 12.7 Å². The lowest BCUT2D eigenvalue weighted by Gasteiger charge is -1.93. The van der Waals surface area contributed by atoms with Crippen LogP contribution < -0.4 is 5.32 Å². The van der Waals surface area contributed by atoms with Crippen LogP contribution >= 0.6 is 0 Å². The van der Waals surface area contributed by atoms with E-state index in [1.54, 1.807) is 6.08 Å². The van der Waals surface area contributed by atoms with Crippen LogP contribution in [0.25, 0.3) is 0 Å². The van der Waals surface area contributed by atoms with Crippen molar-refractivity contribution in [3.63, 3.8) is 0 Å². The van der Waals surface area contributed by atoms with E-state index in [1.807, 2.05) is 6.92 Å². The number of rotatable bonds is 0. The summed E-state index contributed by atoms with van der Waals surface area (Å²) < 4.78 is 0. The molecule has 0 unspecified atom stereocenters. The van der Waals surface area contributed by atoms with E-state index in [9.17, 15) is 9.59 Å². The van der Waals surface area contributed by atoms with E-state index in [0.29, 0.717) is 12.8 Å². The first kappa shape index (κ1) is 10.9. The Balaban J connectivity index is 0.000000354.